The standard InChI is InChI=1S/C6H4Cl2N2O/c7-5-4(3-1-11-3)6(8)10-2-9-5/h2-3H,1H2. The second-order valence-electron chi connectivity index (χ2n) is 2.19. The van der Waals surface area contributed by atoms with Crippen LogP contribution in [0, 0.1) is 0 Å². The smallest absolute Gasteiger partial charge is 0.139 e. The van der Waals surface area contributed by atoms with Gasteiger partial charge in [0.05, 0.1) is 12.2 Å². The number of halogens is 2. The van der Waals surface area contributed by atoms with Crippen molar-refractivity contribution in [3.05, 3.63) is 22.2 Å². The van der Waals surface area contributed by atoms with E-state index in [9.17, 15) is 0 Å². The van der Waals surface area contributed by atoms with E-state index in [0.29, 0.717) is 22.5 Å². The number of nitrogens with zero attached hydrogens (tertiary/aromatic N) is 2. The van der Waals surface area contributed by atoms with Crippen molar-refractivity contribution < 1.29 is 4.74 Å². The van der Waals surface area contributed by atoms with E-state index < -0.39 is 0 Å². The Morgan fingerprint density at radius 2 is 1.91 bits per heavy atom. The highest BCUT2D eigenvalue weighted by Gasteiger charge is 2.30. The van der Waals surface area contributed by atoms with E-state index in [1.807, 2.05) is 0 Å². The predicted octanol–water partition coefficient (Wildman–Crippen LogP) is 1.85. The van der Waals surface area contributed by atoms with E-state index in [2.05, 4.69) is 9.97 Å². The SMILES string of the molecule is Clc1ncnc(Cl)c1C1CO1. The van der Waals surface area contributed by atoms with Gasteiger partial charge in [0.25, 0.3) is 0 Å². The number of aromatic nitrogens is 2. The van der Waals surface area contributed by atoms with Crippen LogP contribution in [0.25, 0.3) is 0 Å². The molecule has 3 nitrogen and oxygen atoms in total. The van der Waals surface area contributed by atoms with E-state index in [4.69, 9.17) is 27.9 Å². The molecule has 1 saturated heterocycles. The maximum atomic E-state index is 5.75. The van der Waals surface area contributed by atoms with Crippen molar-refractivity contribution in [2.45, 2.75) is 6.10 Å². The van der Waals surface area contributed by atoms with Crippen molar-refractivity contribution in [3.63, 3.8) is 0 Å². The van der Waals surface area contributed by atoms with Gasteiger partial charge in [-0.3, -0.25) is 0 Å². The quantitative estimate of drug-likeness (QED) is 0.502. The minimum atomic E-state index is 0.0104. The van der Waals surface area contributed by atoms with Gasteiger partial charge in [0, 0.05) is 0 Å². The summed E-state index contributed by atoms with van der Waals surface area (Å²) in [5, 5.41) is 0.764. The van der Waals surface area contributed by atoms with E-state index >= 15 is 0 Å². The van der Waals surface area contributed by atoms with Crippen LogP contribution in [-0.4, -0.2) is 16.6 Å². The Bertz CT molecular complexity index is 268. The van der Waals surface area contributed by atoms with Crippen molar-refractivity contribution in [1.82, 2.24) is 9.97 Å². The van der Waals surface area contributed by atoms with Crippen LogP contribution >= 0.6 is 23.2 Å². The molecule has 0 radical (unpaired) electrons. The van der Waals surface area contributed by atoms with Crippen molar-refractivity contribution in [2.75, 3.05) is 6.61 Å². The molecule has 1 aromatic rings. The molecule has 1 aliphatic heterocycles. The molecule has 0 saturated carbocycles. The number of rotatable bonds is 1. The lowest BCUT2D eigenvalue weighted by molar-refractivity contribution is 0.415. The molecular formula is C6H4Cl2N2O. The van der Waals surface area contributed by atoms with Crippen molar-refractivity contribution in [2.24, 2.45) is 0 Å². The summed E-state index contributed by atoms with van der Waals surface area (Å²) in [5.74, 6) is 0. The Balaban J connectivity index is 2.48. The van der Waals surface area contributed by atoms with Crippen LogP contribution in [0.1, 0.15) is 11.7 Å². The minimum absolute atomic E-state index is 0.0104. The number of hydrogen-bond donors (Lipinski definition) is 0. The molecule has 1 aromatic heterocycles. The van der Waals surface area contributed by atoms with Crippen LogP contribution in [0.3, 0.4) is 0 Å². The van der Waals surface area contributed by atoms with Crippen molar-refractivity contribution in [1.29, 1.82) is 0 Å². The summed E-state index contributed by atoms with van der Waals surface area (Å²) < 4.78 is 5.01. The van der Waals surface area contributed by atoms with Gasteiger partial charge in [0.2, 0.25) is 0 Å². The lowest BCUT2D eigenvalue weighted by atomic mass is 10.3. The fourth-order valence-corrected chi connectivity index (χ4v) is 1.39. The molecule has 0 aromatic carbocycles. The van der Waals surface area contributed by atoms with Crippen LogP contribution in [0.4, 0.5) is 0 Å². The zero-order valence-electron chi connectivity index (χ0n) is 5.42. The van der Waals surface area contributed by atoms with Crippen molar-refractivity contribution >= 4 is 23.2 Å². The van der Waals surface area contributed by atoms with E-state index in [0.717, 1.165) is 0 Å². The molecule has 2 rings (SSSR count). The Labute approximate surface area is 73.3 Å². The third-order valence-electron chi connectivity index (χ3n) is 1.44. The molecule has 1 atom stereocenters. The van der Waals surface area contributed by atoms with Gasteiger partial charge in [-0.25, -0.2) is 9.97 Å². The second-order valence-corrected chi connectivity index (χ2v) is 2.91. The molecule has 1 aliphatic rings. The van der Waals surface area contributed by atoms with Crippen molar-refractivity contribution in [3.8, 4) is 0 Å². The average Bonchev–Trinajstić information content (AvgIpc) is 2.70. The molecule has 58 valence electrons. The van der Waals surface area contributed by atoms with Gasteiger partial charge in [-0.1, -0.05) is 23.2 Å². The maximum Gasteiger partial charge on any atom is 0.139 e. The van der Waals surface area contributed by atoms with Gasteiger partial charge in [-0.2, -0.15) is 0 Å². The average molecular weight is 191 g/mol. The van der Waals surface area contributed by atoms with Crippen LogP contribution in [0.2, 0.25) is 10.3 Å². The molecule has 11 heavy (non-hydrogen) atoms. The first-order valence-electron chi connectivity index (χ1n) is 3.06. The summed E-state index contributed by atoms with van der Waals surface area (Å²) in [4.78, 5) is 7.58. The van der Waals surface area contributed by atoms with Gasteiger partial charge in [0.1, 0.15) is 22.7 Å². The third-order valence-corrected chi connectivity index (χ3v) is 2.04. The third kappa shape index (κ3) is 1.31. The molecule has 0 spiro atoms. The largest absolute Gasteiger partial charge is 0.368 e. The summed E-state index contributed by atoms with van der Waals surface area (Å²) in [6.45, 7) is 0.660. The zero-order chi connectivity index (χ0) is 7.84. The maximum absolute atomic E-state index is 5.75. The van der Waals surface area contributed by atoms with Gasteiger partial charge >= 0.3 is 0 Å². The summed E-state index contributed by atoms with van der Waals surface area (Å²) >= 11 is 11.5. The van der Waals surface area contributed by atoms with Crippen LogP contribution in [0.15, 0.2) is 6.33 Å². The summed E-state index contributed by atoms with van der Waals surface area (Å²) in [6.07, 6.45) is 1.34. The van der Waals surface area contributed by atoms with Gasteiger partial charge in [-0.15, -0.1) is 0 Å². The number of epoxide rings is 1. The van der Waals surface area contributed by atoms with Gasteiger partial charge in [0.15, 0.2) is 0 Å². The lowest BCUT2D eigenvalue weighted by Gasteiger charge is -1.98. The molecule has 0 bridgehead atoms. The highest BCUT2D eigenvalue weighted by atomic mass is 35.5. The summed E-state index contributed by atoms with van der Waals surface area (Å²) in [7, 11) is 0. The lowest BCUT2D eigenvalue weighted by Crippen LogP contribution is -1.90. The van der Waals surface area contributed by atoms with Crippen LogP contribution in [-0.2, 0) is 4.74 Å². The Morgan fingerprint density at radius 3 is 2.36 bits per heavy atom. The molecule has 2 heterocycles. The highest BCUT2D eigenvalue weighted by Crippen LogP contribution is 2.37. The molecule has 0 amide bonds. The Hall–Kier alpha value is -0.380. The molecular weight excluding hydrogens is 187 g/mol. The fraction of sp³-hybridized carbons (Fsp3) is 0.333. The normalized spacial score (nSPS) is 21.8. The monoisotopic (exact) mass is 190 g/mol. The first-order valence-corrected chi connectivity index (χ1v) is 3.82. The first kappa shape index (κ1) is 7.28. The molecule has 1 fully saturated rings. The van der Waals surface area contributed by atoms with Crippen LogP contribution in [0.5, 0.6) is 0 Å². The molecule has 0 N–H and O–H groups in total. The second kappa shape index (κ2) is 2.59. The molecule has 0 aliphatic carbocycles. The topological polar surface area (TPSA) is 38.3 Å². The predicted molar refractivity (Wildman–Crippen MR) is 40.7 cm³/mol. The van der Waals surface area contributed by atoms with E-state index in [1.165, 1.54) is 6.33 Å². The first-order chi connectivity index (χ1) is 5.29. The van der Waals surface area contributed by atoms with E-state index in [-0.39, 0.29) is 6.10 Å². The van der Waals surface area contributed by atoms with Gasteiger partial charge < -0.3 is 4.74 Å². The Morgan fingerprint density at radius 1 is 1.36 bits per heavy atom. The Kier molecular flexibility index (Phi) is 1.71. The minimum Gasteiger partial charge on any atom is -0.368 e. The molecule has 5 heteroatoms. The highest BCUT2D eigenvalue weighted by molar-refractivity contribution is 6.34. The van der Waals surface area contributed by atoms with Gasteiger partial charge in [-0.05, 0) is 0 Å². The van der Waals surface area contributed by atoms with E-state index in [1.54, 1.807) is 0 Å². The zero-order valence-corrected chi connectivity index (χ0v) is 6.93. The fourth-order valence-electron chi connectivity index (χ4n) is 0.835. The van der Waals surface area contributed by atoms with Crippen LogP contribution < -0.4 is 0 Å². The number of ether oxygens (including phenoxy) is 1. The molecule has 1 unspecified atom stereocenters. The number of hydrogen-bond acceptors (Lipinski definition) is 3. The summed E-state index contributed by atoms with van der Waals surface area (Å²) in [6, 6.07) is 0. The summed E-state index contributed by atoms with van der Waals surface area (Å²) in [5.41, 5.74) is 0.704.